The monoisotopic (exact) mass is 700 g/mol. The van der Waals surface area contributed by atoms with Crippen molar-refractivity contribution in [3.63, 3.8) is 0 Å². The normalized spacial score (nSPS) is 12.1. The van der Waals surface area contributed by atoms with Gasteiger partial charge in [0.2, 0.25) is 12.8 Å². The molecular formula is C29H36N10O7S2. The van der Waals surface area contributed by atoms with Gasteiger partial charge in [0.05, 0.1) is 19.7 Å². The van der Waals surface area contributed by atoms with Gasteiger partial charge in [-0.2, -0.15) is 0 Å². The number of aromatic nitrogens is 6. The molecule has 3 aromatic rings. The molecule has 256 valence electrons. The first-order valence-corrected chi connectivity index (χ1v) is 16.5. The number of nitrogens with zero attached hydrogens (tertiary/aromatic N) is 6. The maximum absolute atomic E-state index is 12.6. The zero-order chi connectivity index (χ0) is 35.4. The molecule has 0 aromatic carbocycles. The predicted octanol–water partition coefficient (Wildman–Crippen LogP) is 1.52. The number of rotatable bonds is 17. The van der Waals surface area contributed by atoms with Crippen molar-refractivity contribution in [1.29, 1.82) is 0 Å². The van der Waals surface area contributed by atoms with Crippen LogP contribution in [-0.4, -0.2) is 76.8 Å². The fraction of sp³-hybridized carbons (Fsp3) is 0.345. The molecule has 7 N–H and O–H groups in total. The number of amides is 2. The second-order valence-corrected chi connectivity index (χ2v) is 12.5. The molecule has 0 atom stereocenters. The highest BCUT2D eigenvalue weighted by Crippen LogP contribution is 2.43. The van der Waals surface area contributed by atoms with Crippen molar-refractivity contribution < 1.29 is 24.2 Å². The molecule has 3 heterocycles. The van der Waals surface area contributed by atoms with Crippen molar-refractivity contribution in [3.8, 4) is 0 Å². The lowest BCUT2D eigenvalue weighted by Crippen LogP contribution is -2.25. The fourth-order valence-corrected chi connectivity index (χ4v) is 6.93. The number of aryl methyl sites for hydroxylation is 2. The van der Waals surface area contributed by atoms with Crippen LogP contribution in [0.4, 0.5) is 11.6 Å². The van der Waals surface area contributed by atoms with E-state index in [0.717, 1.165) is 6.07 Å². The molecule has 0 saturated carbocycles. The van der Waals surface area contributed by atoms with Crippen LogP contribution < -0.4 is 22.7 Å². The molecular weight excluding hydrogens is 665 g/mol. The lowest BCUT2D eigenvalue weighted by Gasteiger charge is -2.24. The number of hydrogen-bond donors (Lipinski definition) is 5. The molecule has 2 amide bonds. The SMILES string of the molecule is CC(=C(CCO)SSC(CCOC(=O)c1cc(=O)[nH]c(=O)[nH]1)=C(C)N(C=O)Cc1cnc(C)nc1N)N(C=O)Cc1cnc(C)nc1N. The molecule has 19 heteroatoms. The topological polar surface area (TPSA) is 256 Å². The number of anilines is 2. The summed E-state index contributed by atoms with van der Waals surface area (Å²) in [6.07, 6.45) is 4.62. The number of aliphatic hydroxyl groups is 1. The second-order valence-electron chi connectivity index (χ2n) is 10.2. The van der Waals surface area contributed by atoms with E-state index in [9.17, 15) is 29.1 Å². The summed E-state index contributed by atoms with van der Waals surface area (Å²) in [5, 5.41) is 9.86. The van der Waals surface area contributed by atoms with Gasteiger partial charge in [0.25, 0.3) is 5.56 Å². The quantitative estimate of drug-likeness (QED) is 0.0760. The number of hydrogen-bond acceptors (Lipinski definition) is 15. The number of aromatic amines is 2. The van der Waals surface area contributed by atoms with Crippen LogP contribution in [0.15, 0.2) is 49.3 Å². The summed E-state index contributed by atoms with van der Waals surface area (Å²) in [6.45, 7) is 6.51. The summed E-state index contributed by atoms with van der Waals surface area (Å²) < 4.78 is 5.33. The highest BCUT2D eigenvalue weighted by molar-refractivity contribution is 8.79. The van der Waals surface area contributed by atoms with E-state index in [1.54, 1.807) is 33.9 Å². The van der Waals surface area contributed by atoms with E-state index >= 15 is 0 Å². The van der Waals surface area contributed by atoms with Gasteiger partial charge in [-0.15, -0.1) is 0 Å². The van der Waals surface area contributed by atoms with Crippen molar-refractivity contribution in [2.45, 2.75) is 53.6 Å². The smallest absolute Gasteiger partial charge is 0.355 e. The van der Waals surface area contributed by atoms with E-state index in [-0.39, 0.29) is 56.5 Å². The summed E-state index contributed by atoms with van der Waals surface area (Å²) >= 11 is 0. The largest absolute Gasteiger partial charge is 0.461 e. The molecule has 0 spiro atoms. The van der Waals surface area contributed by atoms with Crippen LogP contribution in [0.5, 0.6) is 0 Å². The molecule has 3 rings (SSSR count). The van der Waals surface area contributed by atoms with Crippen LogP contribution in [-0.2, 0) is 27.4 Å². The zero-order valence-electron chi connectivity index (χ0n) is 26.7. The van der Waals surface area contributed by atoms with Gasteiger partial charge < -0.3 is 36.1 Å². The van der Waals surface area contributed by atoms with Crippen LogP contribution in [0, 0.1) is 13.8 Å². The summed E-state index contributed by atoms with van der Waals surface area (Å²) in [4.78, 5) is 85.1. The third kappa shape index (κ3) is 10.5. The van der Waals surface area contributed by atoms with Gasteiger partial charge in [-0.05, 0) is 27.7 Å². The third-order valence-corrected chi connectivity index (χ3v) is 9.71. The zero-order valence-corrected chi connectivity index (χ0v) is 28.3. The molecule has 0 aliphatic heterocycles. The molecule has 0 fully saturated rings. The minimum atomic E-state index is -0.928. The minimum Gasteiger partial charge on any atom is -0.461 e. The molecule has 0 bridgehead atoms. The van der Waals surface area contributed by atoms with Crippen molar-refractivity contribution >= 4 is 52.0 Å². The van der Waals surface area contributed by atoms with Gasteiger partial charge in [-0.3, -0.25) is 19.4 Å². The van der Waals surface area contributed by atoms with Gasteiger partial charge >= 0.3 is 11.7 Å². The number of nitrogen functional groups attached to an aromatic ring is 2. The molecule has 48 heavy (non-hydrogen) atoms. The number of nitrogens with two attached hydrogens (primary N) is 2. The Morgan fingerprint density at radius 1 is 0.896 bits per heavy atom. The summed E-state index contributed by atoms with van der Waals surface area (Å²) in [6, 6.07) is 0.905. The van der Waals surface area contributed by atoms with Gasteiger partial charge in [0.15, 0.2) is 0 Å². The van der Waals surface area contributed by atoms with Gasteiger partial charge in [-0.1, -0.05) is 21.6 Å². The van der Waals surface area contributed by atoms with Crippen LogP contribution in [0.25, 0.3) is 0 Å². The Balaban J connectivity index is 1.91. The lowest BCUT2D eigenvalue weighted by atomic mass is 10.2. The summed E-state index contributed by atoms with van der Waals surface area (Å²) in [5.74, 6) is 0.479. The maximum Gasteiger partial charge on any atom is 0.355 e. The van der Waals surface area contributed by atoms with Gasteiger partial charge in [-0.25, -0.2) is 29.5 Å². The van der Waals surface area contributed by atoms with Crippen molar-refractivity contribution in [2.24, 2.45) is 0 Å². The summed E-state index contributed by atoms with van der Waals surface area (Å²) in [7, 11) is 2.47. The Morgan fingerprint density at radius 3 is 1.83 bits per heavy atom. The molecule has 3 aromatic heterocycles. The van der Waals surface area contributed by atoms with E-state index in [0.29, 0.717) is 56.8 Å². The number of ether oxygens (including phenoxy) is 1. The Morgan fingerprint density at radius 2 is 1.40 bits per heavy atom. The van der Waals surface area contributed by atoms with E-state index < -0.39 is 17.2 Å². The van der Waals surface area contributed by atoms with Gasteiger partial charge in [0, 0.05) is 70.2 Å². The number of aliphatic hydroxyl groups excluding tert-OH is 1. The first kappa shape index (κ1) is 37.4. The Kier molecular flexibility index (Phi) is 13.9. The highest BCUT2D eigenvalue weighted by atomic mass is 33.1. The summed E-state index contributed by atoms with van der Waals surface area (Å²) in [5.41, 5.74) is 12.2. The average Bonchev–Trinajstić information content (AvgIpc) is 3.04. The molecule has 0 unspecified atom stereocenters. The number of H-pyrrole nitrogens is 2. The van der Waals surface area contributed by atoms with E-state index in [1.165, 1.54) is 37.6 Å². The second kappa shape index (κ2) is 17.8. The standard InChI is InChI=1S/C29H36N10O7S2/c1-16(38(14-41)12-20-10-32-18(3)34-26(20)30)23(5-7-40)47-48-24(6-8-46-28(44)22-9-25(43)37-29(45)36-22)17(2)39(15-42)13-21-11-33-19(4)35-27(21)31/h9-11,14-15,40H,5-8,12-13H2,1-4H3,(H2,30,32,34)(H2,31,33,35)(H2,36,37,43,45). The number of carbonyl (C=O) groups excluding carboxylic acids is 3. The molecule has 0 radical (unpaired) electrons. The lowest BCUT2D eigenvalue weighted by molar-refractivity contribution is -0.117. The molecule has 0 aliphatic carbocycles. The van der Waals surface area contributed by atoms with Crippen molar-refractivity contribution in [3.05, 3.63) is 89.0 Å². The van der Waals surface area contributed by atoms with E-state index in [1.807, 2.05) is 4.98 Å². The predicted molar refractivity (Wildman–Crippen MR) is 180 cm³/mol. The maximum atomic E-state index is 12.6. The van der Waals surface area contributed by atoms with Gasteiger partial charge in [0.1, 0.15) is 29.0 Å². The minimum absolute atomic E-state index is 0.0430. The molecule has 17 nitrogen and oxygen atoms in total. The number of esters is 1. The number of allylic oxidation sites excluding steroid dienone is 2. The number of carbonyl (C=O) groups is 3. The first-order valence-electron chi connectivity index (χ1n) is 14.3. The third-order valence-electron chi connectivity index (χ3n) is 6.77. The van der Waals surface area contributed by atoms with Crippen molar-refractivity contribution in [2.75, 3.05) is 24.7 Å². The Labute approximate surface area is 282 Å². The van der Waals surface area contributed by atoms with Crippen LogP contribution in [0.2, 0.25) is 0 Å². The average molecular weight is 701 g/mol. The van der Waals surface area contributed by atoms with Crippen LogP contribution in [0.3, 0.4) is 0 Å². The van der Waals surface area contributed by atoms with Crippen LogP contribution in [0.1, 0.15) is 60.0 Å². The number of nitrogens with one attached hydrogen (secondary N) is 2. The Bertz CT molecular complexity index is 1800. The van der Waals surface area contributed by atoms with E-state index in [2.05, 4.69) is 24.9 Å². The van der Waals surface area contributed by atoms with Crippen molar-refractivity contribution in [1.82, 2.24) is 39.7 Å². The molecule has 0 aliphatic rings. The Hall–Kier alpha value is -5.01. The fourth-order valence-electron chi connectivity index (χ4n) is 4.09. The van der Waals surface area contributed by atoms with E-state index in [4.69, 9.17) is 16.2 Å². The first-order chi connectivity index (χ1) is 22.9. The molecule has 0 saturated heterocycles. The van der Waals surface area contributed by atoms with Crippen LogP contribution >= 0.6 is 21.6 Å². The highest BCUT2D eigenvalue weighted by Gasteiger charge is 2.19.